The standard InChI is InChI=1S/C14H25N5OS/c1-9(2)18-13(20)6-7-16-14(15-5)17-8-12-10(3)19-11(4)21-12/h9H,6-8H2,1-5H3,(H,18,20)(H2,15,16,17). The van der Waals surface area contributed by atoms with Gasteiger partial charge in [-0.25, -0.2) is 4.98 Å². The van der Waals surface area contributed by atoms with Gasteiger partial charge in [-0.1, -0.05) is 0 Å². The zero-order valence-electron chi connectivity index (χ0n) is 13.4. The Morgan fingerprint density at radius 2 is 2.05 bits per heavy atom. The maximum atomic E-state index is 11.5. The third-order valence-corrected chi connectivity index (χ3v) is 3.81. The highest BCUT2D eigenvalue weighted by molar-refractivity contribution is 7.11. The van der Waals surface area contributed by atoms with Crippen LogP contribution in [0.5, 0.6) is 0 Å². The molecule has 118 valence electrons. The van der Waals surface area contributed by atoms with Crippen LogP contribution in [-0.2, 0) is 11.3 Å². The first-order valence-electron chi connectivity index (χ1n) is 7.09. The molecule has 6 nitrogen and oxygen atoms in total. The summed E-state index contributed by atoms with van der Waals surface area (Å²) >= 11 is 1.68. The number of thiazole rings is 1. The fourth-order valence-corrected chi connectivity index (χ4v) is 2.69. The molecule has 1 heterocycles. The summed E-state index contributed by atoms with van der Waals surface area (Å²) in [6.45, 7) is 9.15. The maximum Gasteiger partial charge on any atom is 0.221 e. The fourth-order valence-electron chi connectivity index (χ4n) is 1.81. The molecule has 1 aromatic rings. The SMILES string of the molecule is CN=C(NCCC(=O)NC(C)C)NCc1sc(C)nc1C. The van der Waals surface area contributed by atoms with Crippen LogP contribution < -0.4 is 16.0 Å². The molecule has 0 saturated heterocycles. The highest BCUT2D eigenvalue weighted by Gasteiger charge is 2.07. The first-order chi connectivity index (χ1) is 9.92. The summed E-state index contributed by atoms with van der Waals surface area (Å²) in [6.07, 6.45) is 0.428. The molecule has 1 aromatic heterocycles. The maximum absolute atomic E-state index is 11.5. The Labute approximate surface area is 130 Å². The topological polar surface area (TPSA) is 78.4 Å². The largest absolute Gasteiger partial charge is 0.356 e. The van der Waals surface area contributed by atoms with Crippen LogP contribution in [-0.4, -0.2) is 36.5 Å². The van der Waals surface area contributed by atoms with Crippen LogP contribution >= 0.6 is 11.3 Å². The van der Waals surface area contributed by atoms with Gasteiger partial charge in [0.25, 0.3) is 0 Å². The van der Waals surface area contributed by atoms with E-state index in [1.807, 2.05) is 27.7 Å². The van der Waals surface area contributed by atoms with E-state index in [0.29, 0.717) is 25.5 Å². The number of hydrogen-bond acceptors (Lipinski definition) is 4. The molecular formula is C14H25N5OS. The molecule has 0 aliphatic carbocycles. The van der Waals surface area contributed by atoms with Gasteiger partial charge in [0, 0.05) is 30.9 Å². The first kappa shape index (κ1) is 17.4. The molecule has 21 heavy (non-hydrogen) atoms. The highest BCUT2D eigenvalue weighted by Crippen LogP contribution is 2.16. The molecule has 0 saturated carbocycles. The van der Waals surface area contributed by atoms with Crippen LogP contribution in [0.15, 0.2) is 4.99 Å². The second-order valence-electron chi connectivity index (χ2n) is 5.07. The summed E-state index contributed by atoms with van der Waals surface area (Å²) < 4.78 is 0. The summed E-state index contributed by atoms with van der Waals surface area (Å²) in [6, 6.07) is 0.174. The quantitative estimate of drug-likeness (QED) is 0.547. The number of nitrogens with one attached hydrogen (secondary N) is 3. The third kappa shape index (κ3) is 6.57. The summed E-state index contributed by atoms with van der Waals surface area (Å²) in [4.78, 5) is 21.3. The second-order valence-corrected chi connectivity index (χ2v) is 6.35. The number of aliphatic imine (C=N–C) groups is 1. The van der Waals surface area contributed by atoms with Crippen molar-refractivity contribution in [3.8, 4) is 0 Å². The van der Waals surface area contributed by atoms with Gasteiger partial charge in [-0.05, 0) is 27.7 Å². The lowest BCUT2D eigenvalue weighted by atomic mass is 10.3. The number of hydrogen-bond donors (Lipinski definition) is 3. The Hall–Kier alpha value is -1.63. The molecule has 0 atom stereocenters. The Balaban J connectivity index is 2.33. The lowest BCUT2D eigenvalue weighted by molar-refractivity contribution is -0.121. The molecule has 0 unspecified atom stereocenters. The smallest absolute Gasteiger partial charge is 0.221 e. The van der Waals surface area contributed by atoms with E-state index in [1.165, 1.54) is 4.88 Å². The van der Waals surface area contributed by atoms with Crippen molar-refractivity contribution in [1.29, 1.82) is 0 Å². The van der Waals surface area contributed by atoms with Gasteiger partial charge in [0.15, 0.2) is 5.96 Å². The molecule has 0 aliphatic heterocycles. The Morgan fingerprint density at radius 3 is 2.57 bits per heavy atom. The molecule has 7 heteroatoms. The molecule has 0 radical (unpaired) electrons. The van der Waals surface area contributed by atoms with E-state index in [0.717, 1.165) is 10.7 Å². The van der Waals surface area contributed by atoms with Gasteiger partial charge < -0.3 is 16.0 Å². The van der Waals surface area contributed by atoms with Gasteiger partial charge in [-0.3, -0.25) is 9.79 Å². The number of amides is 1. The number of nitrogens with zero attached hydrogens (tertiary/aromatic N) is 2. The van der Waals surface area contributed by atoms with Gasteiger partial charge >= 0.3 is 0 Å². The van der Waals surface area contributed by atoms with Crippen LogP contribution in [0.4, 0.5) is 0 Å². The average Bonchev–Trinajstić information content (AvgIpc) is 2.71. The zero-order valence-corrected chi connectivity index (χ0v) is 14.2. The molecule has 0 spiro atoms. The van der Waals surface area contributed by atoms with Crippen molar-refractivity contribution in [1.82, 2.24) is 20.9 Å². The number of aryl methyl sites for hydroxylation is 2. The average molecular weight is 311 g/mol. The second kappa shape index (κ2) is 8.61. The predicted octanol–water partition coefficient (Wildman–Crippen LogP) is 1.34. The van der Waals surface area contributed by atoms with Crippen molar-refractivity contribution in [2.24, 2.45) is 4.99 Å². The summed E-state index contributed by atoms with van der Waals surface area (Å²) in [5, 5.41) is 10.3. The van der Waals surface area contributed by atoms with Crippen molar-refractivity contribution in [3.63, 3.8) is 0 Å². The molecule has 0 bridgehead atoms. The fraction of sp³-hybridized carbons (Fsp3) is 0.643. The number of guanidine groups is 1. The molecule has 3 N–H and O–H groups in total. The Kier molecular flexibility index (Phi) is 7.14. The van der Waals surface area contributed by atoms with Crippen LogP contribution in [0.25, 0.3) is 0 Å². The minimum Gasteiger partial charge on any atom is -0.356 e. The Morgan fingerprint density at radius 1 is 1.33 bits per heavy atom. The van der Waals surface area contributed by atoms with Crippen molar-refractivity contribution < 1.29 is 4.79 Å². The molecule has 0 aliphatic rings. The van der Waals surface area contributed by atoms with Gasteiger partial charge in [-0.15, -0.1) is 11.3 Å². The van der Waals surface area contributed by atoms with Gasteiger partial charge in [0.05, 0.1) is 17.2 Å². The lowest BCUT2D eigenvalue weighted by Crippen LogP contribution is -2.39. The summed E-state index contributed by atoms with van der Waals surface area (Å²) in [7, 11) is 1.72. The number of carbonyl (C=O) groups excluding carboxylic acids is 1. The summed E-state index contributed by atoms with van der Waals surface area (Å²) in [5.74, 6) is 0.736. The predicted molar refractivity (Wildman–Crippen MR) is 87.7 cm³/mol. The van der Waals surface area contributed by atoms with Crippen molar-refractivity contribution in [3.05, 3.63) is 15.6 Å². The zero-order chi connectivity index (χ0) is 15.8. The minimum absolute atomic E-state index is 0.0434. The van der Waals surface area contributed by atoms with Crippen LogP contribution in [0.3, 0.4) is 0 Å². The minimum atomic E-state index is 0.0434. The highest BCUT2D eigenvalue weighted by atomic mass is 32.1. The van der Waals surface area contributed by atoms with E-state index >= 15 is 0 Å². The van der Waals surface area contributed by atoms with Crippen molar-refractivity contribution in [2.45, 2.75) is 46.7 Å². The number of aromatic nitrogens is 1. The van der Waals surface area contributed by atoms with Crippen LogP contribution in [0.1, 0.15) is 35.8 Å². The lowest BCUT2D eigenvalue weighted by Gasteiger charge is -2.12. The van der Waals surface area contributed by atoms with Gasteiger partial charge in [0.1, 0.15) is 0 Å². The number of rotatable bonds is 6. The molecule has 0 fully saturated rings. The molecule has 1 amide bonds. The molecule has 0 aromatic carbocycles. The van der Waals surface area contributed by atoms with Crippen LogP contribution in [0.2, 0.25) is 0 Å². The van der Waals surface area contributed by atoms with E-state index in [1.54, 1.807) is 18.4 Å². The van der Waals surface area contributed by atoms with Crippen LogP contribution in [0, 0.1) is 13.8 Å². The van der Waals surface area contributed by atoms with E-state index in [2.05, 4.69) is 25.9 Å². The Bertz CT molecular complexity index is 496. The van der Waals surface area contributed by atoms with E-state index in [9.17, 15) is 4.79 Å². The first-order valence-corrected chi connectivity index (χ1v) is 7.90. The monoisotopic (exact) mass is 311 g/mol. The van der Waals surface area contributed by atoms with Crippen molar-refractivity contribution in [2.75, 3.05) is 13.6 Å². The van der Waals surface area contributed by atoms with E-state index < -0.39 is 0 Å². The molecule has 1 rings (SSSR count). The van der Waals surface area contributed by atoms with Crippen molar-refractivity contribution >= 4 is 23.2 Å². The van der Waals surface area contributed by atoms with Gasteiger partial charge in [-0.2, -0.15) is 0 Å². The third-order valence-electron chi connectivity index (χ3n) is 2.73. The number of carbonyl (C=O) groups is 1. The normalized spacial score (nSPS) is 11.6. The van der Waals surface area contributed by atoms with E-state index in [-0.39, 0.29) is 11.9 Å². The van der Waals surface area contributed by atoms with Gasteiger partial charge in [0.2, 0.25) is 5.91 Å². The summed E-state index contributed by atoms with van der Waals surface area (Å²) in [5.41, 5.74) is 1.05. The van der Waals surface area contributed by atoms with E-state index in [4.69, 9.17) is 0 Å². The molecular weight excluding hydrogens is 286 g/mol.